The molecule has 1 saturated carbocycles. The molecule has 1 fully saturated rings. The average molecular weight is 336 g/mol. The van der Waals surface area contributed by atoms with Crippen LogP contribution in [0.5, 0.6) is 0 Å². The Morgan fingerprint density at radius 2 is 2.16 bits per heavy atom. The Morgan fingerprint density at radius 1 is 1.36 bits per heavy atom. The molecule has 3 aromatic rings. The minimum atomic E-state index is -0.243. The second-order valence-electron chi connectivity index (χ2n) is 6.50. The Kier molecular flexibility index (Phi) is 3.93. The van der Waals surface area contributed by atoms with E-state index in [0.29, 0.717) is 23.9 Å². The van der Waals surface area contributed by atoms with Gasteiger partial charge in [0.2, 0.25) is 0 Å². The van der Waals surface area contributed by atoms with E-state index in [2.05, 4.69) is 20.6 Å². The molecule has 3 N–H and O–H groups in total. The Bertz CT molecular complexity index is 925. The van der Waals surface area contributed by atoms with Crippen molar-refractivity contribution in [2.75, 3.05) is 6.54 Å². The zero-order valence-corrected chi connectivity index (χ0v) is 14.0. The van der Waals surface area contributed by atoms with Crippen molar-refractivity contribution >= 4 is 16.8 Å². The third kappa shape index (κ3) is 2.98. The first-order chi connectivity index (χ1) is 12.1. The average Bonchev–Trinajstić information content (AvgIpc) is 3.42. The molecular formula is C18H20N6O. The van der Waals surface area contributed by atoms with Crippen LogP contribution in [-0.4, -0.2) is 38.5 Å². The topological polar surface area (TPSA) is 98.7 Å². The summed E-state index contributed by atoms with van der Waals surface area (Å²) < 4.78 is 1.66. The number of nitrogens with two attached hydrogens (primary N) is 1. The molecule has 7 heteroatoms. The highest BCUT2D eigenvalue weighted by atomic mass is 16.2. The van der Waals surface area contributed by atoms with Crippen LogP contribution in [0.25, 0.3) is 16.6 Å². The van der Waals surface area contributed by atoms with Gasteiger partial charge in [0.05, 0.1) is 16.9 Å². The van der Waals surface area contributed by atoms with Gasteiger partial charge in [-0.2, -0.15) is 0 Å². The molecule has 0 spiro atoms. The second-order valence-corrected chi connectivity index (χ2v) is 6.50. The van der Waals surface area contributed by atoms with Crippen LogP contribution in [0.15, 0.2) is 36.5 Å². The number of nitrogens with zero attached hydrogens (tertiary/aromatic N) is 4. The van der Waals surface area contributed by atoms with Crippen LogP contribution in [0.3, 0.4) is 0 Å². The van der Waals surface area contributed by atoms with Gasteiger partial charge in [0.15, 0.2) is 5.69 Å². The maximum absolute atomic E-state index is 12.4. The maximum atomic E-state index is 12.4. The van der Waals surface area contributed by atoms with E-state index in [1.54, 1.807) is 10.9 Å². The van der Waals surface area contributed by atoms with Crippen LogP contribution in [0, 0.1) is 12.8 Å². The van der Waals surface area contributed by atoms with Gasteiger partial charge in [-0.1, -0.05) is 23.4 Å². The summed E-state index contributed by atoms with van der Waals surface area (Å²) in [6.07, 6.45) is 4.05. The summed E-state index contributed by atoms with van der Waals surface area (Å²) >= 11 is 0. The van der Waals surface area contributed by atoms with E-state index in [-0.39, 0.29) is 11.9 Å². The Hall–Kier alpha value is -2.80. The van der Waals surface area contributed by atoms with Gasteiger partial charge in [0.1, 0.15) is 0 Å². The highest BCUT2D eigenvalue weighted by Crippen LogP contribution is 2.31. The van der Waals surface area contributed by atoms with Gasteiger partial charge < -0.3 is 11.1 Å². The minimum absolute atomic E-state index is 0.0153. The molecule has 1 amide bonds. The second kappa shape index (κ2) is 6.25. The number of hydrogen-bond acceptors (Lipinski definition) is 5. The maximum Gasteiger partial charge on any atom is 0.273 e. The lowest BCUT2D eigenvalue weighted by molar-refractivity contribution is 0.0944. The molecule has 2 aromatic heterocycles. The van der Waals surface area contributed by atoms with Gasteiger partial charge in [-0.05, 0) is 37.8 Å². The molecule has 1 unspecified atom stereocenters. The van der Waals surface area contributed by atoms with Crippen molar-refractivity contribution in [3.05, 3.63) is 47.9 Å². The Balaban J connectivity index is 1.61. The zero-order chi connectivity index (χ0) is 17.4. The summed E-state index contributed by atoms with van der Waals surface area (Å²) in [5.41, 5.74) is 8.65. The summed E-state index contributed by atoms with van der Waals surface area (Å²) in [6, 6.07) is 9.75. The number of carbonyl (C=O) groups is 1. The van der Waals surface area contributed by atoms with Gasteiger partial charge in [0.25, 0.3) is 5.91 Å². The van der Waals surface area contributed by atoms with Crippen LogP contribution in [0.1, 0.15) is 29.0 Å². The van der Waals surface area contributed by atoms with Gasteiger partial charge in [-0.15, -0.1) is 5.10 Å². The van der Waals surface area contributed by atoms with Gasteiger partial charge in [-0.25, -0.2) is 4.68 Å². The SMILES string of the molecule is Cc1c(C(=O)NCC(N)C2CC2)nnn1-c1cccc2cccnc12. The van der Waals surface area contributed by atoms with Crippen LogP contribution < -0.4 is 11.1 Å². The third-order valence-corrected chi connectivity index (χ3v) is 4.68. The third-order valence-electron chi connectivity index (χ3n) is 4.68. The first-order valence-electron chi connectivity index (χ1n) is 8.45. The molecular weight excluding hydrogens is 316 g/mol. The van der Waals surface area contributed by atoms with Crippen LogP contribution in [-0.2, 0) is 0 Å². The number of carbonyl (C=O) groups excluding carboxylic acids is 1. The standard InChI is InChI=1S/C18H20N6O/c1-11-16(18(25)21-10-14(19)12-7-8-12)22-23-24(11)15-6-2-4-13-5-3-9-20-17(13)15/h2-6,9,12,14H,7-8,10,19H2,1H3,(H,21,25). The fourth-order valence-corrected chi connectivity index (χ4v) is 3.01. The molecule has 0 aliphatic heterocycles. The van der Waals surface area contributed by atoms with Gasteiger partial charge in [0, 0.05) is 24.2 Å². The van der Waals surface area contributed by atoms with Crippen molar-refractivity contribution in [1.29, 1.82) is 0 Å². The van der Waals surface area contributed by atoms with E-state index in [1.807, 2.05) is 37.3 Å². The van der Waals surface area contributed by atoms with Crippen molar-refractivity contribution in [2.24, 2.45) is 11.7 Å². The monoisotopic (exact) mass is 336 g/mol. The van der Waals surface area contributed by atoms with Crippen molar-refractivity contribution in [1.82, 2.24) is 25.3 Å². The number of fused-ring (bicyclic) bond motifs is 1. The quantitative estimate of drug-likeness (QED) is 0.737. The molecule has 4 rings (SSSR count). The van der Waals surface area contributed by atoms with Gasteiger partial charge in [-0.3, -0.25) is 9.78 Å². The van der Waals surface area contributed by atoms with Gasteiger partial charge >= 0.3 is 0 Å². The molecule has 25 heavy (non-hydrogen) atoms. The number of aromatic nitrogens is 4. The first-order valence-corrected chi connectivity index (χ1v) is 8.45. The van der Waals surface area contributed by atoms with E-state index < -0.39 is 0 Å². The molecule has 1 aliphatic rings. The first kappa shape index (κ1) is 15.7. The predicted molar refractivity (Wildman–Crippen MR) is 94.4 cm³/mol. The number of hydrogen-bond donors (Lipinski definition) is 2. The van der Waals surface area contributed by atoms with Crippen molar-refractivity contribution < 1.29 is 4.79 Å². The summed E-state index contributed by atoms with van der Waals surface area (Å²) in [5, 5.41) is 12.1. The number of nitrogens with one attached hydrogen (secondary N) is 1. The highest BCUT2D eigenvalue weighted by molar-refractivity contribution is 5.93. The molecule has 0 saturated heterocycles. The summed E-state index contributed by atoms with van der Waals surface area (Å²) in [4.78, 5) is 16.9. The number of amides is 1. The summed E-state index contributed by atoms with van der Waals surface area (Å²) in [6.45, 7) is 2.29. The van der Waals surface area contributed by atoms with E-state index in [1.165, 1.54) is 0 Å². The molecule has 2 heterocycles. The molecule has 1 atom stereocenters. The van der Waals surface area contributed by atoms with E-state index >= 15 is 0 Å². The minimum Gasteiger partial charge on any atom is -0.349 e. The number of benzene rings is 1. The fraction of sp³-hybridized carbons (Fsp3) is 0.333. The van der Waals surface area contributed by atoms with Crippen molar-refractivity contribution in [3.63, 3.8) is 0 Å². The number of pyridine rings is 1. The molecule has 7 nitrogen and oxygen atoms in total. The van der Waals surface area contributed by atoms with Crippen molar-refractivity contribution in [2.45, 2.75) is 25.8 Å². The molecule has 128 valence electrons. The van der Waals surface area contributed by atoms with Crippen molar-refractivity contribution in [3.8, 4) is 5.69 Å². The van der Waals surface area contributed by atoms with E-state index in [9.17, 15) is 4.79 Å². The lowest BCUT2D eigenvalue weighted by Crippen LogP contribution is -2.38. The van der Waals surface area contributed by atoms with Crippen LogP contribution in [0.4, 0.5) is 0 Å². The number of rotatable bonds is 5. The largest absolute Gasteiger partial charge is 0.349 e. The predicted octanol–water partition coefficient (Wildman–Crippen LogP) is 1.59. The Morgan fingerprint density at radius 3 is 2.96 bits per heavy atom. The molecule has 0 bridgehead atoms. The van der Waals surface area contributed by atoms with E-state index in [4.69, 9.17) is 5.73 Å². The Labute approximate surface area is 145 Å². The molecule has 0 radical (unpaired) electrons. The normalized spacial score (nSPS) is 15.3. The highest BCUT2D eigenvalue weighted by Gasteiger charge is 2.29. The smallest absolute Gasteiger partial charge is 0.273 e. The zero-order valence-electron chi connectivity index (χ0n) is 14.0. The summed E-state index contributed by atoms with van der Waals surface area (Å²) in [7, 11) is 0. The van der Waals surface area contributed by atoms with Crippen LogP contribution >= 0.6 is 0 Å². The fourth-order valence-electron chi connectivity index (χ4n) is 3.01. The van der Waals surface area contributed by atoms with Crippen LogP contribution in [0.2, 0.25) is 0 Å². The summed E-state index contributed by atoms with van der Waals surface area (Å²) in [5.74, 6) is 0.298. The van der Waals surface area contributed by atoms with E-state index in [0.717, 1.165) is 29.4 Å². The number of para-hydroxylation sites is 1. The lowest BCUT2D eigenvalue weighted by atomic mass is 10.2. The lowest BCUT2D eigenvalue weighted by Gasteiger charge is -2.11. The molecule has 1 aromatic carbocycles. The molecule has 1 aliphatic carbocycles.